The number of fused-ring (bicyclic) bond motifs is 1. The molecule has 1 N–H and O–H groups in total. The Morgan fingerprint density at radius 2 is 2.08 bits per heavy atom. The van der Waals surface area contributed by atoms with Crippen LogP contribution >= 0.6 is 11.3 Å². The van der Waals surface area contributed by atoms with E-state index in [0.29, 0.717) is 0 Å². The van der Waals surface area contributed by atoms with Crippen molar-refractivity contribution in [1.29, 1.82) is 0 Å². The van der Waals surface area contributed by atoms with Crippen molar-refractivity contribution in [2.45, 2.75) is 13.0 Å². The van der Waals surface area contributed by atoms with Crippen molar-refractivity contribution in [3.63, 3.8) is 0 Å². The summed E-state index contributed by atoms with van der Waals surface area (Å²) in [6, 6.07) is 12.5. The number of nitrogens with one attached hydrogen (secondary N) is 1. The molecular weight excluding hydrogens is 332 g/mol. The highest BCUT2D eigenvalue weighted by atomic mass is 32.1. The molecule has 0 spiro atoms. The molecule has 0 radical (unpaired) electrons. The van der Waals surface area contributed by atoms with E-state index in [2.05, 4.69) is 50.7 Å². The average Bonchev–Trinajstić information content (AvgIpc) is 2.91. The molecule has 3 heterocycles. The molecule has 25 heavy (non-hydrogen) atoms. The third-order valence-corrected chi connectivity index (χ3v) is 5.65. The van der Waals surface area contributed by atoms with Gasteiger partial charge in [-0.2, -0.15) is 5.10 Å². The van der Waals surface area contributed by atoms with E-state index in [4.69, 9.17) is 4.74 Å². The minimum Gasteiger partial charge on any atom is -0.497 e. The van der Waals surface area contributed by atoms with Gasteiger partial charge in [0.05, 0.1) is 17.7 Å². The van der Waals surface area contributed by atoms with Gasteiger partial charge in [-0.3, -0.25) is 4.90 Å². The fraction of sp³-hybridized carbons (Fsp3) is 0.368. The third-order valence-electron chi connectivity index (χ3n) is 4.51. The van der Waals surface area contributed by atoms with Gasteiger partial charge in [0, 0.05) is 24.3 Å². The SMILES string of the molecule is COc1ccc2sc(-c3ccc(CN4CCCNCC4)nn3)cc2c1. The number of nitrogens with zero attached hydrogens (tertiary/aromatic N) is 3. The zero-order chi connectivity index (χ0) is 17.1. The highest BCUT2D eigenvalue weighted by molar-refractivity contribution is 7.22. The Morgan fingerprint density at radius 3 is 2.92 bits per heavy atom. The van der Waals surface area contributed by atoms with Gasteiger partial charge in [-0.25, -0.2) is 0 Å². The molecule has 0 saturated carbocycles. The topological polar surface area (TPSA) is 50.3 Å². The largest absolute Gasteiger partial charge is 0.497 e. The van der Waals surface area contributed by atoms with E-state index in [1.807, 2.05) is 6.07 Å². The second-order valence-corrected chi connectivity index (χ2v) is 7.39. The van der Waals surface area contributed by atoms with Gasteiger partial charge in [-0.05, 0) is 61.3 Å². The van der Waals surface area contributed by atoms with Crippen LogP contribution in [0.15, 0.2) is 36.4 Å². The zero-order valence-corrected chi connectivity index (χ0v) is 15.2. The van der Waals surface area contributed by atoms with Crippen LogP contribution in [-0.4, -0.2) is 48.4 Å². The van der Waals surface area contributed by atoms with Crippen molar-refractivity contribution >= 4 is 21.4 Å². The lowest BCUT2D eigenvalue weighted by atomic mass is 10.2. The molecule has 1 saturated heterocycles. The van der Waals surface area contributed by atoms with Crippen LogP contribution in [0.4, 0.5) is 0 Å². The predicted octanol–water partition coefficient (Wildman–Crippen LogP) is 3.16. The molecule has 1 aromatic carbocycles. The Balaban J connectivity index is 1.51. The number of methoxy groups -OCH3 is 1. The number of benzene rings is 1. The molecule has 130 valence electrons. The summed E-state index contributed by atoms with van der Waals surface area (Å²) in [5.74, 6) is 0.880. The first-order valence-electron chi connectivity index (χ1n) is 8.65. The number of thiophene rings is 1. The molecule has 0 aliphatic carbocycles. The van der Waals surface area contributed by atoms with E-state index in [0.717, 1.165) is 54.7 Å². The van der Waals surface area contributed by atoms with E-state index in [9.17, 15) is 0 Å². The van der Waals surface area contributed by atoms with Crippen LogP contribution in [-0.2, 0) is 6.54 Å². The van der Waals surface area contributed by atoms with Crippen molar-refractivity contribution < 1.29 is 4.74 Å². The summed E-state index contributed by atoms with van der Waals surface area (Å²) in [5.41, 5.74) is 1.97. The van der Waals surface area contributed by atoms with Crippen molar-refractivity contribution in [2.75, 3.05) is 33.3 Å². The zero-order valence-electron chi connectivity index (χ0n) is 14.4. The minimum atomic E-state index is 0.874. The molecule has 3 aromatic rings. The molecular formula is C19H22N4OS. The van der Waals surface area contributed by atoms with Gasteiger partial charge in [0.25, 0.3) is 0 Å². The Morgan fingerprint density at radius 1 is 1.12 bits per heavy atom. The highest BCUT2D eigenvalue weighted by Gasteiger charge is 2.11. The summed E-state index contributed by atoms with van der Waals surface area (Å²) in [6.07, 6.45) is 1.19. The maximum atomic E-state index is 5.30. The number of rotatable bonds is 4. The van der Waals surface area contributed by atoms with Crippen molar-refractivity contribution in [2.24, 2.45) is 0 Å². The Labute approximate surface area is 151 Å². The van der Waals surface area contributed by atoms with Gasteiger partial charge in [-0.1, -0.05) is 0 Å². The molecule has 2 aromatic heterocycles. The van der Waals surface area contributed by atoms with Gasteiger partial charge < -0.3 is 10.1 Å². The molecule has 1 aliphatic rings. The number of ether oxygens (including phenoxy) is 1. The van der Waals surface area contributed by atoms with Crippen LogP contribution in [0, 0.1) is 0 Å². The molecule has 0 amide bonds. The lowest BCUT2D eigenvalue weighted by Crippen LogP contribution is -2.28. The van der Waals surface area contributed by atoms with Crippen LogP contribution in [0.25, 0.3) is 20.7 Å². The van der Waals surface area contributed by atoms with Gasteiger partial charge in [0.15, 0.2) is 0 Å². The molecule has 0 unspecified atom stereocenters. The molecule has 0 bridgehead atoms. The predicted molar refractivity (Wildman–Crippen MR) is 102 cm³/mol. The van der Waals surface area contributed by atoms with Gasteiger partial charge in [-0.15, -0.1) is 16.4 Å². The van der Waals surface area contributed by atoms with Gasteiger partial charge in [0.2, 0.25) is 0 Å². The quantitative estimate of drug-likeness (QED) is 0.780. The average molecular weight is 354 g/mol. The van der Waals surface area contributed by atoms with Gasteiger partial charge in [0.1, 0.15) is 11.4 Å². The second kappa shape index (κ2) is 7.47. The highest BCUT2D eigenvalue weighted by Crippen LogP contribution is 2.34. The van der Waals surface area contributed by atoms with Crippen LogP contribution in [0.2, 0.25) is 0 Å². The van der Waals surface area contributed by atoms with Gasteiger partial charge >= 0.3 is 0 Å². The summed E-state index contributed by atoms with van der Waals surface area (Å²) in [6.45, 7) is 5.23. The minimum absolute atomic E-state index is 0.874. The first kappa shape index (κ1) is 16.4. The van der Waals surface area contributed by atoms with Crippen molar-refractivity contribution in [3.05, 3.63) is 42.1 Å². The molecule has 1 fully saturated rings. The number of hydrogen-bond donors (Lipinski definition) is 1. The van der Waals surface area contributed by atoms with Crippen LogP contribution in [0.1, 0.15) is 12.1 Å². The molecule has 5 nitrogen and oxygen atoms in total. The van der Waals surface area contributed by atoms with E-state index in [1.54, 1.807) is 18.4 Å². The smallest absolute Gasteiger partial charge is 0.119 e. The van der Waals surface area contributed by atoms with E-state index in [-0.39, 0.29) is 0 Å². The first-order valence-corrected chi connectivity index (χ1v) is 9.47. The second-order valence-electron chi connectivity index (χ2n) is 6.30. The summed E-state index contributed by atoms with van der Waals surface area (Å²) < 4.78 is 6.54. The molecule has 4 rings (SSSR count). The Bertz CT molecular complexity index is 838. The van der Waals surface area contributed by atoms with Crippen molar-refractivity contribution in [3.8, 4) is 16.3 Å². The van der Waals surface area contributed by atoms with Crippen LogP contribution in [0.3, 0.4) is 0 Å². The first-order chi connectivity index (χ1) is 12.3. The normalized spacial score (nSPS) is 16.0. The number of aromatic nitrogens is 2. The summed E-state index contributed by atoms with van der Waals surface area (Å²) in [7, 11) is 1.69. The fourth-order valence-electron chi connectivity index (χ4n) is 3.14. The maximum Gasteiger partial charge on any atom is 0.119 e. The summed E-state index contributed by atoms with van der Waals surface area (Å²) in [5, 5.41) is 13.5. The Hall–Kier alpha value is -2.02. The lowest BCUT2D eigenvalue weighted by molar-refractivity contribution is 0.280. The lowest BCUT2D eigenvalue weighted by Gasteiger charge is -2.18. The van der Waals surface area contributed by atoms with E-state index >= 15 is 0 Å². The summed E-state index contributed by atoms with van der Waals surface area (Å²) >= 11 is 1.74. The van der Waals surface area contributed by atoms with Crippen LogP contribution in [0.5, 0.6) is 5.75 Å². The monoisotopic (exact) mass is 354 g/mol. The molecule has 1 aliphatic heterocycles. The maximum absolute atomic E-state index is 5.30. The molecule has 0 atom stereocenters. The molecule has 6 heteroatoms. The Kier molecular flexibility index (Phi) is 4.92. The standard InChI is InChI=1S/C19H22N4OS/c1-24-16-4-6-18-14(11-16)12-19(25-18)17-5-3-15(21-22-17)13-23-9-2-7-20-8-10-23/h3-6,11-12,20H,2,7-10,13H2,1H3. The van der Waals surface area contributed by atoms with Crippen molar-refractivity contribution in [1.82, 2.24) is 20.4 Å². The van der Waals surface area contributed by atoms with E-state index < -0.39 is 0 Å². The van der Waals surface area contributed by atoms with E-state index in [1.165, 1.54) is 16.5 Å². The van der Waals surface area contributed by atoms with Crippen LogP contribution < -0.4 is 10.1 Å². The fourth-order valence-corrected chi connectivity index (χ4v) is 4.15. The number of hydrogen-bond acceptors (Lipinski definition) is 6. The summed E-state index contributed by atoms with van der Waals surface area (Å²) in [4.78, 5) is 3.58. The third kappa shape index (κ3) is 3.81.